The third-order valence-corrected chi connectivity index (χ3v) is 1.92. The van der Waals surface area contributed by atoms with Gasteiger partial charge in [-0.2, -0.15) is 4.98 Å². The number of hydrogen-bond donors (Lipinski definition) is 2. The van der Waals surface area contributed by atoms with E-state index in [1.807, 2.05) is 13.8 Å². The summed E-state index contributed by atoms with van der Waals surface area (Å²) in [7, 11) is 1.62. The quantitative estimate of drug-likeness (QED) is 0.426. The van der Waals surface area contributed by atoms with Crippen molar-refractivity contribution in [2.75, 3.05) is 25.7 Å². The molecule has 0 aliphatic rings. The van der Waals surface area contributed by atoms with Crippen LogP contribution in [-0.4, -0.2) is 30.3 Å². The van der Waals surface area contributed by atoms with Gasteiger partial charge < -0.3 is 14.9 Å². The highest BCUT2D eigenvalue weighted by Gasteiger charge is 2.08. The Morgan fingerprint density at radius 3 is 2.69 bits per heavy atom. The number of anilines is 1. The Bertz CT molecular complexity index is 331. The predicted molar refractivity (Wildman–Crippen MR) is 61.3 cm³/mol. The molecule has 0 bridgehead atoms. The van der Waals surface area contributed by atoms with Gasteiger partial charge in [-0.15, -0.1) is 0 Å². The van der Waals surface area contributed by atoms with Crippen molar-refractivity contribution in [3.63, 3.8) is 0 Å². The van der Waals surface area contributed by atoms with Gasteiger partial charge >= 0.3 is 0 Å². The van der Waals surface area contributed by atoms with Gasteiger partial charge in [0, 0.05) is 19.1 Å². The molecular formula is C10H18N4O2. The van der Waals surface area contributed by atoms with E-state index >= 15 is 0 Å². The monoisotopic (exact) mass is 226 g/mol. The zero-order valence-corrected chi connectivity index (χ0v) is 9.86. The van der Waals surface area contributed by atoms with Crippen molar-refractivity contribution >= 4 is 5.82 Å². The van der Waals surface area contributed by atoms with E-state index in [0.717, 1.165) is 0 Å². The maximum absolute atomic E-state index is 5.41. The Balaban J connectivity index is 2.78. The number of hydrogen-bond acceptors (Lipinski definition) is 6. The summed E-state index contributed by atoms with van der Waals surface area (Å²) >= 11 is 0. The molecule has 0 saturated heterocycles. The molecule has 90 valence electrons. The smallest absolute Gasteiger partial charge is 0.218 e. The van der Waals surface area contributed by atoms with Crippen LogP contribution in [0.15, 0.2) is 6.07 Å². The summed E-state index contributed by atoms with van der Waals surface area (Å²) in [6.07, 6.45) is 0. The molecule has 0 saturated carbocycles. The zero-order valence-electron chi connectivity index (χ0n) is 9.86. The van der Waals surface area contributed by atoms with E-state index in [-0.39, 0.29) is 5.92 Å². The van der Waals surface area contributed by atoms with Gasteiger partial charge in [-0.3, -0.25) is 0 Å². The van der Waals surface area contributed by atoms with Crippen molar-refractivity contribution in [3.8, 4) is 5.88 Å². The summed E-state index contributed by atoms with van der Waals surface area (Å²) < 4.78 is 10.3. The summed E-state index contributed by atoms with van der Waals surface area (Å²) in [5.41, 5.74) is 2.49. The Morgan fingerprint density at radius 2 is 2.12 bits per heavy atom. The number of nitrogens with one attached hydrogen (secondary N) is 1. The molecule has 1 heterocycles. The van der Waals surface area contributed by atoms with E-state index in [2.05, 4.69) is 15.4 Å². The highest BCUT2D eigenvalue weighted by molar-refractivity contribution is 5.37. The van der Waals surface area contributed by atoms with Crippen molar-refractivity contribution in [3.05, 3.63) is 11.9 Å². The fraction of sp³-hybridized carbons (Fsp3) is 0.600. The molecule has 0 unspecified atom stereocenters. The number of hydrazine groups is 1. The van der Waals surface area contributed by atoms with Gasteiger partial charge in [-0.05, 0) is 0 Å². The molecule has 0 radical (unpaired) electrons. The molecule has 0 aliphatic heterocycles. The van der Waals surface area contributed by atoms with Crippen LogP contribution in [0.2, 0.25) is 0 Å². The predicted octanol–water partition coefficient (Wildman–Crippen LogP) is 0.911. The largest absolute Gasteiger partial charge is 0.475 e. The van der Waals surface area contributed by atoms with Crippen LogP contribution in [0.25, 0.3) is 0 Å². The first-order valence-corrected chi connectivity index (χ1v) is 5.14. The van der Waals surface area contributed by atoms with Gasteiger partial charge in [-0.25, -0.2) is 10.8 Å². The topological polar surface area (TPSA) is 82.3 Å². The highest BCUT2D eigenvalue weighted by Crippen LogP contribution is 2.17. The second-order valence-corrected chi connectivity index (χ2v) is 3.59. The maximum atomic E-state index is 5.41. The number of nitrogens with zero attached hydrogens (tertiary/aromatic N) is 2. The number of methoxy groups -OCH3 is 1. The lowest BCUT2D eigenvalue weighted by atomic mass is 10.2. The number of aromatic nitrogens is 2. The van der Waals surface area contributed by atoms with Crippen molar-refractivity contribution in [2.24, 2.45) is 5.84 Å². The molecule has 1 rings (SSSR count). The number of nitrogens with two attached hydrogens (primary N) is 1. The summed E-state index contributed by atoms with van der Waals surface area (Å²) in [4.78, 5) is 8.49. The average molecular weight is 226 g/mol. The lowest BCUT2D eigenvalue weighted by Crippen LogP contribution is -2.13. The fourth-order valence-corrected chi connectivity index (χ4v) is 1.08. The molecule has 3 N–H and O–H groups in total. The van der Waals surface area contributed by atoms with Crippen LogP contribution in [-0.2, 0) is 4.74 Å². The highest BCUT2D eigenvalue weighted by atomic mass is 16.5. The minimum Gasteiger partial charge on any atom is -0.475 e. The van der Waals surface area contributed by atoms with E-state index in [9.17, 15) is 0 Å². The third-order valence-electron chi connectivity index (χ3n) is 1.92. The van der Waals surface area contributed by atoms with E-state index in [0.29, 0.717) is 30.7 Å². The molecule has 0 fully saturated rings. The van der Waals surface area contributed by atoms with Crippen molar-refractivity contribution in [1.82, 2.24) is 9.97 Å². The summed E-state index contributed by atoms with van der Waals surface area (Å²) in [6, 6.07) is 1.65. The van der Waals surface area contributed by atoms with Crippen LogP contribution < -0.4 is 16.0 Å². The van der Waals surface area contributed by atoms with Crippen molar-refractivity contribution < 1.29 is 9.47 Å². The normalized spacial score (nSPS) is 10.6. The first kappa shape index (κ1) is 12.7. The Labute approximate surface area is 95.1 Å². The maximum Gasteiger partial charge on any atom is 0.218 e. The van der Waals surface area contributed by atoms with E-state index in [1.54, 1.807) is 13.2 Å². The van der Waals surface area contributed by atoms with Crippen LogP contribution in [0.4, 0.5) is 5.82 Å². The summed E-state index contributed by atoms with van der Waals surface area (Å²) in [6.45, 7) is 4.99. The molecule has 16 heavy (non-hydrogen) atoms. The molecule has 0 atom stereocenters. The molecule has 1 aromatic heterocycles. The Hall–Kier alpha value is -1.40. The summed E-state index contributed by atoms with van der Waals surface area (Å²) in [5.74, 6) is 7.29. The second kappa shape index (κ2) is 6.24. The lowest BCUT2D eigenvalue weighted by Gasteiger charge is -2.10. The molecule has 0 amide bonds. The molecule has 6 heteroatoms. The zero-order chi connectivity index (χ0) is 12.0. The van der Waals surface area contributed by atoms with Crippen LogP contribution in [0.1, 0.15) is 25.6 Å². The van der Waals surface area contributed by atoms with Gasteiger partial charge in [0.25, 0.3) is 0 Å². The molecular weight excluding hydrogens is 208 g/mol. The number of nitrogen functional groups attached to an aromatic ring is 1. The van der Waals surface area contributed by atoms with Gasteiger partial charge in [0.2, 0.25) is 5.88 Å². The van der Waals surface area contributed by atoms with Gasteiger partial charge in [0.1, 0.15) is 18.2 Å². The van der Waals surface area contributed by atoms with Gasteiger partial charge in [-0.1, -0.05) is 13.8 Å². The SMILES string of the molecule is COCCOc1cc(NN)nc(C(C)C)n1. The molecule has 0 spiro atoms. The minimum atomic E-state index is 0.220. The van der Waals surface area contributed by atoms with E-state index in [1.165, 1.54) is 0 Å². The summed E-state index contributed by atoms with van der Waals surface area (Å²) in [5, 5.41) is 0. The fourth-order valence-electron chi connectivity index (χ4n) is 1.08. The molecule has 1 aromatic rings. The Morgan fingerprint density at radius 1 is 1.38 bits per heavy atom. The number of ether oxygens (including phenoxy) is 2. The van der Waals surface area contributed by atoms with Crippen LogP contribution in [0.3, 0.4) is 0 Å². The first-order chi connectivity index (χ1) is 7.67. The van der Waals surface area contributed by atoms with Crippen LogP contribution in [0.5, 0.6) is 5.88 Å². The number of rotatable bonds is 6. The minimum absolute atomic E-state index is 0.220. The van der Waals surface area contributed by atoms with E-state index < -0.39 is 0 Å². The first-order valence-electron chi connectivity index (χ1n) is 5.14. The van der Waals surface area contributed by atoms with Crippen LogP contribution in [0, 0.1) is 0 Å². The average Bonchev–Trinajstić information content (AvgIpc) is 2.29. The van der Waals surface area contributed by atoms with E-state index in [4.69, 9.17) is 15.3 Å². The van der Waals surface area contributed by atoms with Crippen molar-refractivity contribution in [2.45, 2.75) is 19.8 Å². The molecule has 0 aromatic carbocycles. The standard InChI is InChI=1S/C10H18N4O2/c1-7(2)10-12-8(14-11)6-9(13-10)16-5-4-15-3/h6-7H,4-5,11H2,1-3H3,(H,12,13,14). The Kier molecular flexibility index (Phi) is 4.94. The van der Waals surface area contributed by atoms with Gasteiger partial charge in [0.15, 0.2) is 0 Å². The molecule has 0 aliphatic carbocycles. The molecule has 6 nitrogen and oxygen atoms in total. The lowest BCUT2D eigenvalue weighted by molar-refractivity contribution is 0.143. The van der Waals surface area contributed by atoms with Crippen LogP contribution >= 0.6 is 0 Å². The van der Waals surface area contributed by atoms with Crippen molar-refractivity contribution in [1.29, 1.82) is 0 Å². The van der Waals surface area contributed by atoms with Gasteiger partial charge in [0.05, 0.1) is 6.61 Å². The second-order valence-electron chi connectivity index (χ2n) is 3.59. The third kappa shape index (κ3) is 3.63.